The molecule has 1 aromatic heterocycles. The molecule has 1 heterocycles. The molecule has 8 nitrogen and oxygen atoms in total. The Morgan fingerprint density at radius 2 is 1.79 bits per heavy atom. The summed E-state index contributed by atoms with van der Waals surface area (Å²) in [5, 5.41) is 12.5. The third-order valence-corrected chi connectivity index (χ3v) is 6.32. The standard InChI is InChI=1S/C24H20N4O4S/c1-14-6-5-7-15(2)21(14)27-23(30)18-8-3-4-9-19(18)26-24(27)33-13-17-11-10-16(22(25)29)12-20(17)28(31)32/h3-12H,13H2,1-2H3,(H2,25,29). The average molecular weight is 461 g/mol. The van der Waals surface area contributed by atoms with Gasteiger partial charge in [0.05, 0.1) is 21.5 Å². The molecule has 0 unspecified atom stereocenters. The van der Waals surface area contributed by atoms with E-state index in [1.165, 1.54) is 30.0 Å². The van der Waals surface area contributed by atoms with E-state index in [-0.39, 0.29) is 22.6 Å². The highest BCUT2D eigenvalue weighted by molar-refractivity contribution is 7.98. The van der Waals surface area contributed by atoms with E-state index in [0.29, 0.717) is 21.6 Å². The number of hydrogen-bond acceptors (Lipinski definition) is 6. The molecule has 2 N–H and O–H groups in total. The van der Waals surface area contributed by atoms with Gasteiger partial charge in [-0.3, -0.25) is 24.3 Å². The van der Waals surface area contributed by atoms with Crippen molar-refractivity contribution in [3.8, 4) is 5.69 Å². The summed E-state index contributed by atoms with van der Waals surface area (Å²) in [6.07, 6.45) is 0. The number of nitro groups is 1. The topological polar surface area (TPSA) is 121 Å². The van der Waals surface area contributed by atoms with Crippen molar-refractivity contribution in [3.05, 3.63) is 103 Å². The number of rotatable bonds is 6. The maximum atomic E-state index is 13.5. The third kappa shape index (κ3) is 4.22. The number of aromatic nitrogens is 2. The summed E-state index contributed by atoms with van der Waals surface area (Å²) in [6, 6.07) is 17.0. The largest absolute Gasteiger partial charge is 0.366 e. The van der Waals surface area contributed by atoms with Crippen molar-refractivity contribution in [3.63, 3.8) is 0 Å². The molecule has 0 saturated heterocycles. The van der Waals surface area contributed by atoms with Gasteiger partial charge in [0.2, 0.25) is 5.91 Å². The molecular formula is C24H20N4O4S. The summed E-state index contributed by atoms with van der Waals surface area (Å²) < 4.78 is 1.57. The summed E-state index contributed by atoms with van der Waals surface area (Å²) in [4.78, 5) is 40.7. The number of fused-ring (bicyclic) bond motifs is 1. The monoisotopic (exact) mass is 460 g/mol. The number of benzene rings is 3. The van der Waals surface area contributed by atoms with Crippen molar-refractivity contribution in [2.24, 2.45) is 5.73 Å². The minimum absolute atomic E-state index is 0.0618. The minimum atomic E-state index is -0.739. The highest BCUT2D eigenvalue weighted by Gasteiger charge is 2.20. The molecule has 33 heavy (non-hydrogen) atoms. The van der Waals surface area contributed by atoms with Crippen molar-refractivity contribution < 1.29 is 9.72 Å². The molecule has 4 aromatic rings. The van der Waals surface area contributed by atoms with E-state index < -0.39 is 10.8 Å². The fraction of sp³-hybridized carbons (Fsp3) is 0.125. The Morgan fingerprint density at radius 1 is 1.09 bits per heavy atom. The van der Waals surface area contributed by atoms with Crippen LogP contribution in [0, 0.1) is 24.0 Å². The average Bonchev–Trinajstić information content (AvgIpc) is 2.78. The van der Waals surface area contributed by atoms with Crippen LogP contribution < -0.4 is 11.3 Å². The second-order valence-electron chi connectivity index (χ2n) is 7.55. The number of carbonyl (C=O) groups excluding carboxylic acids is 1. The Bertz CT molecular complexity index is 1460. The first-order valence-electron chi connectivity index (χ1n) is 10.1. The van der Waals surface area contributed by atoms with Gasteiger partial charge in [-0.15, -0.1) is 0 Å². The van der Waals surface area contributed by atoms with Gasteiger partial charge in [-0.05, 0) is 43.2 Å². The Hall–Kier alpha value is -3.98. The number of hydrogen-bond donors (Lipinski definition) is 1. The predicted molar refractivity (Wildman–Crippen MR) is 128 cm³/mol. The summed E-state index contributed by atoms with van der Waals surface area (Å²) in [5.74, 6) is -0.567. The Balaban J connectivity index is 1.86. The zero-order chi connectivity index (χ0) is 23.7. The molecule has 166 valence electrons. The van der Waals surface area contributed by atoms with Crippen LogP contribution in [0.3, 0.4) is 0 Å². The molecule has 4 rings (SSSR count). The molecule has 0 saturated carbocycles. The van der Waals surface area contributed by atoms with Crippen molar-refractivity contribution in [2.45, 2.75) is 24.8 Å². The normalized spacial score (nSPS) is 11.0. The van der Waals surface area contributed by atoms with Crippen LogP contribution in [0.5, 0.6) is 0 Å². The van der Waals surface area contributed by atoms with Crippen molar-refractivity contribution in [1.29, 1.82) is 0 Å². The quantitative estimate of drug-likeness (QED) is 0.198. The van der Waals surface area contributed by atoms with Crippen molar-refractivity contribution >= 4 is 34.3 Å². The van der Waals surface area contributed by atoms with Gasteiger partial charge in [0, 0.05) is 22.9 Å². The van der Waals surface area contributed by atoms with E-state index in [4.69, 9.17) is 10.7 Å². The van der Waals surface area contributed by atoms with Gasteiger partial charge in [0.25, 0.3) is 11.2 Å². The van der Waals surface area contributed by atoms with Gasteiger partial charge in [0.1, 0.15) is 0 Å². The zero-order valence-electron chi connectivity index (χ0n) is 17.9. The van der Waals surface area contributed by atoms with E-state index in [0.717, 1.165) is 16.8 Å². The summed E-state index contributed by atoms with van der Waals surface area (Å²) in [7, 11) is 0. The van der Waals surface area contributed by atoms with E-state index >= 15 is 0 Å². The highest BCUT2D eigenvalue weighted by Crippen LogP contribution is 2.31. The van der Waals surface area contributed by atoms with E-state index in [1.807, 2.05) is 32.0 Å². The molecule has 0 radical (unpaired) electrons. The first-order chi connectivity index (χ1) is 15.8. The van der Waals surface area contributed by atoms with E-state index in [1.54, 1.807) is 28.8 Å². The number of nitrogens with two attached hydrogens (primary N) is 1. The van der Waals surface area contributed by atoms with Crippen molar-refractivity contribution in [2.75, 3.05) is 0 Å². The first-order valence-corrected chi connectivity index (χ1v) is 11.0. The van der Waals surface area contributed by atoms with Crippen LogP contribution in [-0.4, -0.2) is 20.4 Å². The Kier molecular flexibility index (Phi) is 5.97. The van der Waals surface area contributed by atoms with Gasteiger partial charge >= 0.3 is 0 Å². The lowest BCUT2D eigenvalue weighted by Crippen LogP contribution is -2.23. The lowest BCUT2D eigenvalue weighted by atomic mass is 10.1. The van der Waals surface area contributed by atoms with Gasteiger partial charge in [-0.1, -0.05) is 48.2 Å². The fourth-order valence-corrected chi connectivity index (χ4v) is 4.71. The van der Waals surface area contributed by atoms with Gasteiger partial charge < -0.3 is 5.73 Å². The molecule has 9 heteroatoms. The fourth-order valence-electron chi connectivity index (χ4n) is 3.72. The van der Waals surface area contributed by atoms with E-state index in [2.05, 4.69) is 0 Å². The van der Waals surface area contributed by atoms with Crippen LogP contribution in [0.15, 0.2) is 70.6 Å². The molecule has 3 aromatic carbocycles. The Morgan fingerprint density at radius 3 is 2.45 bits per heavy atom. The molecule has 0 aliphatic rings. The molecular weight excluding hydrogens is 440 g/mol. The highest BCUT2D eigenvalue weighted by atomic mass is 32.2. The smallest absolute Gasteiger partial charge is 0.274 e. The molecule has 0 fully saturated rings. The van der Waals surface area contributed by atoms with Crippen LogP contribution in [0.2, 0.25) is 0 Å². The number of nitrogens with zero attached hydrogens (tertiary/aromatic N) is 3. The second kappa shape index (κ2) is 8.87. The number of aryl methyl sites for hydroxylation is 2. The molecule has 0 atom stereocenters. The number of thioether (sulfide) groups is 1. The van der Waals surface area contributed by atoms with Crippen LogP contribution in [0.4, 0.5) is 5.69 Å². The molecule has 0 aliphatic carbocycles. The molecule has 1 amide bonds. The number of nitro benzene ring substituents is 1. The summed E-state index contributed by atoms with van der Waals surface area (Å²) in [5.41, 5.74) is 8.41. The Labute approximate surface area is 193 Å². The molecule has 0 bridgehead atoms. The number of para-hydroxylation sites is 2. The van der Waals surface area contributed by atoms with Gasteiger partial charge in [-0.2, -0.15) is 0 Å². The van der Waals surface area contributed by atoms with Crippen molar-refractivity contribution in [1.82, 2.24) is 9.55 Å². The lowest BCUT2D eigenvalue weighted by Gasteiger charge is -2.17. The maximum Gasteiger partial charge on any atom is 0.274 e. The number of primary amides is 1. The minimum Gasteiger partial charge on any atom is -0.366 e. The molecule has 0 aliphatic heterocycles. The van der Waals surface area contributed by atoms with E-state index in [9.17, 15) is 19.7 Å². The summed E-state index contributed by atoms with van der Waals surface area (Å²) >= 11 is 1.22. The lowest BCUT2D eigenvalue weighted by molar-refractivity contribution is -0.385. The third-order valence-electron chi connectivity index (χ3n) is 5.33. The summed E-state index contributed by atoms with van der Waals surface area (Å²) in [6.45, 7) is 3.84. The number of carbonyl (C=O) groups is 1. The van der Waals surface area contributed by atoms with Crippen LogP contribution >= 0.6 is 11.8 Å². The van der Waals surface area contributed by atoms with Crippen LogP contribution in [-0.2, 0) is 5.75 Å². The number of amides is 1. The molecule has 0 spiro atoms. The van der Waals surface area contributed by atoms with Crippen LogP contribution in [0.1, 0.15) is 27.0 Å². The van der Waals surface area contributed by atoms with Gasteiger partial charge in [0.15, 0.2) is 5.16 Å². The second-order valence-corrected chi connectivity index (χ2v) is 8.49. The van der Waals surface area contributed by atoms with Gasteiger partial charge in [-0.25, -0.2) is 4.98 Å². The predicted octanol–water partition coefficient (Wildman–Crippen LogP) is 4.30. The zero-order valence-corrected chi connectivity index (χ0v) is 18.8. The first kappa shape index (κ1) is 22.2. The SMILES string of the molecule is Cc1cccc(C)c1-n1c(SCc2ccc(C(N)=O)cc2[N+](=O)[O-])nc2ccccc2c1=O. The maximum absolute atomic E-state index is 13.5. The van der Waals surface area contributed by atoms with Crippen LogP contribution in [0.25, 0.3) is 16.6 Å².